The Hall–Kier alpha value is -0.460. The van der Waals surface area contributed by atoms with Crippen LogP contribution < -0.4 is 5.32 Å². The van der Waals surface area contributed by atoms with E-state index < -0.39 is 0 Å². The van der Waals surface area contributed by atoms with E-state index in [-0.39, 0.29) is 5.91 Å². The highest BCUT2D eigenvalue weighted by Gasteiger charge is 2.19. The maximum Gasteiger partial charge on any atom is 0.271 e. The number of carbonyl (C=O) groups is 1. The van der Waals surface area contributed by atoms with Gasteiger partial charge in [-0.05, 0) is 29.3 Å². The van der Waals surface area contributed by atoms with Crippen molar-refractivity contribution >= 4 is 33.2 Å². The monoisotopic (exact) mass is 304 g/mol. The number of nitrogens with zero attached hydrogens (tertiary/aromatic N) is 1. The molecule has 1 aromatic heterocycles. The lowest BCUT2D eigenvalue weighted by atomic mass is 10.1. The minimum absolute atomic E-state index is 0.0913. The van der Waals surface area contributed by atoms with E-state index in [2.05, 4.69) is 26.2 Å². The van der Waals surface area contributed by atoms with Crippen molar-refractivity contribution in [1.82, 2.24) is 10.3 Å². The van der Waals surface area contributed by atoms with Crippen molar-refractivity contribution in [3.05, 3.63) is 14.5 Å². The van der Waals surface area contributed by atoms with Crippen molar-refractivity contribution < 1.29 is 9.53 Å². The first kappa shape index (κ1) is 12.0. The molecule has 1 aromatic rings. The van der Waals surface area contributed by atoms with Gasteiger partial charge in [-0.1, -0.05) is 0 Å². The number of halogens is 1. The molecule has 1 atom stereocenters. The van der Waals surface area contributed by atoms with Gasteiger partial charge in [0.25, 0.3) is 5.91 Å². The standard InChI is InChI=1S/C10H13BrN2O2S/c1-6-8(13-10(11)16-6)9(14)12-4-7-2-3-15-5-7/h7H,2-5H2,1H3,(H,12,14)/t7-/m0/s1. The molecular weight excluding hydrogens is 292 g/mol. The quantitative estimate of drug-likeness (QED) is 0.929. The Morgan fingerprint density at radius 3 is 3.12 bits per heavy atom. The minimum atomic E-state index is -0.0913. The van der Waals surface area contributed by atoms with Crippen LogP contribution in [-0.2, 0) is 4.74 Å². The molecule has 1 fully saturated rings. The van der Waals surface area contributed by atoms with E-state index in [0.29, 0.717) is 18.2 Å². The molecule has 0 saturated carbocycles. The van der Waals surface area contributed by atoms with E-state index in [4.69, 9.17) is 4.74 Å². The van der Waals surface area contributed by atoms with Gasteiger partial charge in [-0.3, -0.25) is 4.79 Å². The molecule has 1 aliphatic heterocycles. The first-order chi connectivity index (χ1) is 7.66. The van der Waals surface area contributed by atoms with Crippen LogP contribution in [0.5, 0.6) is 0 Å². The second kappa shape index (κ2) is 5.25. The topological polar surface area (TPSA) is 51.2 Å². The fraction of sp³-hybridized carbons (Fsp3) is 0.600. The number of aryl methyl sites for hydroxylation is 1. The van der Waals surface area contributed by atoms with Gasteiger partial charge in [0, 0.05) is 23.9 Å². The molecule has 0 bridgehead atoms. The van der Waals surface area contributed by atoms with Crippen molar-refractivity contribution in [3.8, 4) is 0 Å². The van der Waals surface area contributed by atoms with Gasteiger partial charge in [0.15, 0.2) is 3.92 Å². The summed E-state index contributed by atoms with van der Waals surface area (Å²) in [7, 11) is 0. The molecule has 0 radical (unpaired) electrons. The van der Waals surface area contributed by atoms with Crippen molar-refractivity contribution in [2.24, 2.45) is 5.92 Å². The highest BCUT2D eigenvalue weighted by Crippen LogP contribution is 2.22. The minimum Gasteiger partial charge on any atom is -0.381 e. The lowest BCUT2D eigenvalue weighted by molar-refractivity contribution is 0.0940. The van der Waals surface area contributed by atoms with E-state index in [1.165, 1.54) is 11.3 Å². The van der Waals surface area contributed by atoms with Crippen LogP contribution in [0.2, 0.25) is 0 Å². The molecule has 88 valence electrons. The Morgan fingerprint density at radius 2 is 2.56 bits per heavy atom. The van der Waals surface area contributed by atoms with E-state index in [1.54, 1.807) is 0 Å². The lowest BCUT2D eigenvalue weighted by Gasteiger charge is -2.08. The van der Waals surface area contributed by atoms with Crippen LogP contribution in [0.3, 0.4) is 0 Å². The molecule has 1 amide bonds. The molecule has 1 N–H and O–H groups in total. The van der Waals surface area contributed by atoms with Gasteiger partial charge in [0.05, 0.1) is 6.61 Å². The molecule has 0 spiro atoms. The summed E-state index contributed by atoms with van der Waals surface area (Å²) in [5.74, 6) is 0.359. The maximum atomic E-state index is 11.8. The number of nitrogens with one attached hydrogen (secondary N) is 1. The zero-order valence-corrected chi connectivity index (χ0v) is 11.4. The summed E-state index contributed by atoms with van der Waals surface area (Å²) < 4.78 is 6.00. The van der Waals surface area contributed by atoms with Gasteiger partial charge in [0.1, 0.15) is 5.69 Å². The molecule has 0 unspecified atom stereocenters. The van der Waals surface area contributed by atoms with Crippen molar-refractivity contribution in [2.75, 3.05) is 19.8 Å². The molecule has 16 heavy (non-hydrogen) atoms. The molecule has 1 aliphatic rings. The Morgan fingerprint density at radius 1 is 1.75 bits per heavy atom. The average Bonchev–Trinajstić information content (AvgIpc) is 2.84. The van der Waals surface area contributed by atoms with Gasteiger partial charge in [-0.15, -0.1) is 11.3 Å². The number of aromatic nitrogens is 1. The molecule has 1 saturated heterocycles. The maximum absolute atomic E-state index is 11.8. The Balaban J connectivity index is 1.90. The van der Waals surface area contributed by atoms with Crippen LogP contribution in [0, 0.1) is 12.8 Å². The number of hydrogen-bond acceptors (Lipinski definition) is 4. The smallest absolute Gasteiger partial charge is 0.271 e. The molecule has 0 aliphatic carbocycles. The first-order valence-corrected chi connectivity index (χ1v) is 6.76. The largest absolute Gasteiger partial charge is 0.381 e. The van der Waals surface area contributed by atoms with Gasteiger partial charge in [0.2, 0.25) is 0 Å². The second-order valence-electron chi connectivity index (χ2n) is 3.81. The van der Waals surface area contributed by atoms with E-state index >= 15 is 0 Å². The van der Waals surface area contributed by atoms with E-state index in [9.17, 15) is 4.79 Å². The summed E-state index contributed by atoms with van der Waals surface area (Å²) in [4.78, 5) is 16.9. The van der Waals surface area contributed by atoms with E-state index in [0.717, 1.165) is 28.4 Å². The van der Waals surface area contributed by atoms with Crippen LogP contribution in [0.4, 0.5) is 0 Å². The van der Waals surface area contributed by atoms with Crippen LogP contribution in [-0.4, -0.2) is 30.6 Å². The number of rotatable bonds is 3. The number of hydrogen-bond donors (Lipinski definition) is 1. The van der Waals surface area contributed by atoms with Gasteiger partial charge < -0.3 is 10.1 Å². The third-order valence-electron chi connectivity index (χ3n) is 2.56. The van der Waals surface area contributed by atoms with Crippen LogP contribution in [0.15, 0.2) is 3.92 Å². The third kappa shape index (κ3) is 2.81. The summed E-state index contributed by atoms with van der Waals surface area (Å²) in [6.45, 7) is 4.13. The predicted octanol–water partition coefficient (Wildman–Crippen LogP) is 1.98. The van der Waals surface area contributed by atoms with Gasteiger partial charge in [-0.25, -0.2) is 4.98 Å². The fourth-order valence-electron chi connectivity index (χ4n) is 1.64. The molecule has 0 aromatic carbocycles. The first-order valence-electron chi connectivity index (χ1n) is 5.15. The van der Waals surface area contributed by atoms with Crippen molar-refractivity contribution in [1.29, 1.82) is 0 Å². The summed E-state index contributed by atoms with van der Waals surface area (Å²) in [5.41, 5.74) is 0.524. The third-order valence-corrected chi connectivity index (χ3v) is 3.98. The normalized spacial score (nSPS) is 20.0. The summed E-state index contributed by atoms with van der Waals surface area (Å²) in [6, 6.07) is 0. The highest BCUT2D eigenvalue weighted by molar-refractivity contribution is 9.11. The van der Waals surface area contributed by atoms with Crippen LogP contribution in [0.25, 0.3) is 0 Å². The van der Waals surface area contributed by atoms with Crippen LogP contribution >= 0.6 is 27.3 Å². The zero-order valence-electron chi connectivity index (χ0n) is 8.96. The molecular formula is C10H13BrN2O2S. The number of amides is 1. The summed E-state index contributed by atoms with van der Waals surface area (Å²) in [5, 5.41) is 2.90. The predicted molar refractivity (Wildman–Crippen MR) is 65.8 cm³/mol. The SMILES string of the molecule is Cc1sc(Br)nc1C(=O)NC[C@@H]1CCOC1. The fourth-order valence-corrected chi connectivity index (χ4v) is 3.17. The van der Waals surface area contributed by atoms with Crippen LogP contribution in [0.1, 0.15) is 21.8 Å². The van der Waals surface area contributed by atoms with Gasteiger partial charge >= 0.3 is 0 Å². The lowest BCUT2D eigenvalue weighted by Crippen LogP contribution is -2.30. The van der Waals surface area contributed by atoms with Crippen molar-refractivity contribution in [3.63, 3.8) is 0 Å². The van der Waals surface area contributed by atoms with Crippen molar-refractivity contribution in [2.45, 2.75) is 13.3 Å². The highest BCUT2D eigenvalue weighted by atomic mass is 79.9. The zero-order chi connectivity index (χ0) is 11.5. The van der Waals surface area contributed by atoms with E-state index in [1.807, 2.05) is 6.92 Å². The molecule has 6 heteroatoms. The number of carbonyl (C=O) groups excluding carboxylic acids is 1. The Labute approximate surface area is 107 Å². The number of thiazole rings is 1. The Kier molecular flexibility index (Phi) is 3.94. The molecule has 2 heterocycles. The molecule has 4 nitrogen and oxygen atoms in total. The summed E-state index contributed by atoms with van der Waals surface area (Å²) in [6.07, 6.45) is 1.03. The number of ether oxygens (including phenoxy) is 1. The Bertz CT molecular complexity index is 388. The molecule has 2 rings (SSSR count). The summed E-state index contributed by atoms with van der Waals surface area (Å²) >= 11 is 4.75. The van der Waals surface area contributed by atoms with Gasteiger partial charge in [-0.2, -0.15) is 0 Å². The average molecular weight is 305 g/mol. The second-order valence-corrected chi connectivity index (χ2v) is 6.29.